The Morgan fingerprint density at radius 2 is 1.75 bits per heavy atom. The predicted molar refractivity (Wildman–Crippen MR) is 137 cm³/mol. The molecule has 32 heavy (non-hydrogen) atoms. The minimum absolute atomic E-state index is 0.0335. The van der Waals surface area contributed by atoms with E-state index in [4.69, 9.17) is 4.74 Å². The van der Waals surface area contributed by atoms with Gasteiger partial charge >= 0.3 is 5.97 Å². The average Bonchev–Trinajstić information content (AvgIpc) is 3.13. The van der Waals surface area contributed by atoms with Crippen LogP contribution in [0.5, 0.6) is 0 Å². The molecule has 4 fully saturated rings. The molecule has 2 nitrogen and oxygen atoms in total. The van der Waals surface area contributed by atoms with Gasteiger partial charge in [0.1, 0.15) is 0 Å². The van der Waals surface area contributed by atoms with Gasteiger partial charge in [0.15, 0.2) is 0 Å². The maximum atomic E-state index is 11.8. The van der Waals surface area contributed by atoms with Gasteiger partial charge in [-0.1, -0.05) is 41.0 Å². The first kappa shape index (κ1) is 24.9. The average molecular weight is 463 g/mol. The topological polar surface area (TPSA) is 26.3 Å². The molecule has 0 amide bonds. The van der Waals surface area contributed by atoms with Crippen LogP contribution in [0.3, 0.4) is 0 Å². The molecular formula is C29H50O2S. The Kier molecular flexibility index (Phi) is 7.65. The lowest BCUT2D eigenvalue weighted by molar-refractivity contribution is -0.141. The molecule has 0 saturated heterocycles. The van der Waals surface area contributed by atoms with E-state index in [9.17, 15) is 4.79 Å². The standard InChI is InChI=1S/C29H50O2S/c1-7-16-32-26-18-21-23-10-9-22(20(3)8-11-27(30)31-6)28(23,4)15-13-24(21)29(5)14-12-19(2)17-25(26)29/h19-26H,7-18H2,1-6H3/t19-,20-,21?,22?,23?,24?,25?,26-,28-,29-/m1/s1. The summed E-state index contributed by atoms with van der Waals surface area (Å²) in [6.45, 7) is 12.7. The van der Waals surface area contributed by atoms with Gasteiger partial charge in [-0.25, -0.2) is 0 Å². The zero-order valence-electron chi connectivity index (χ0n) is 21.8. The fourth-order valence-electron chi connectivity index (χ4n) is 9.55. The summed E-state index contributed by atoms with van der Waals surface area (Å²) in [5.74, 6) is 7.42. The third-order valence-corrected chi connectivity index (χ3v) is 12.8. The molecule has 0 radical (unpaired) electrons. The second-order valence-corrected chi connectivity index (χ2v) is 14.2. The lowest BCUT2D eigenvalue weighted by atomic mass is 9.44. The van der Waals surface area contributed by atoms with Crippen LogP contribution in [0.1, 0.15) is 105 Å². The molecule has 0 N–H and O–H groups in total. The Labute approximate surface area is 202 Å². The van der Waals surface area contributed by atoms with Crippen LogP contribution in [0.25, 0.3) is 0 Å². The van der Waals surface area contributed by atoms with E-state index in [-0.39, 0.29) is 5.97 Å². The number of fused-ring (bicyclic) bond motifs is 5. The molecule has 184 valence electrons. The molecule has 0 aromatic heterocycles. The molecular weight excluding hydrogens is 412 g/mol. The Hall–Kier alpha value is -0.180. The molecule has 5 unspecified atom stereocenters. The molecule has 0 aromatic rings. The van der Waals surface area contributed by atoms with Crippen molar-refractivity contribution < 1.29 is 9.53 Å². The molecule has 3 heteroatoms. The first-order chi connectivity index (χ1) is 15.2. The van der Waals surface area contributed by atoms with Gasteiger partial charge in [-0.15, -0.1) is 0 Å². The van der Waals surface area contributed by atoms with Crippen molar-refractivity contribution in [1.29, 1.82) is 0 Å². The van der Waals surface area contributed by atoms with E-state index in [2.05, 4.69) is 46.4 Å². The van der Waals surface area contributed by atoms with Crippen LogP contribution in [0, 0.1) is 52.3 Å². The minimum atomic E-state index is -0.0335. The number of methoxy groups -OCH3 is 1. The van der Waals surface area contributed by atoms with Gasteiger partial charge in [0.25, 0.3) is 0 Å². The van der Waals surface area contributed by atoms with E-state index in [0.717, 1.165) is 47.2 Å². The largest absolute Gasteiger partial charge is 0.469 e. The van der Waals surface area contributed by atoms with Crippen molar-refractivity contribution in [3.05, 3.63) is 0 Å². The number of thioether (sulfide) groups is 1. The van der Waals surface area contributed by atoms with E-state index in [1.54, 1.807) is 0 Å². The highest BCUT2D eigenvalue weighted by Crippen LogP contribution is 2.69. The smallest absolute Gasteiger partial charge is 0.305 e. The summed E-state index contributed by atoms with van der Waals surface area (Å²) in [6.07, 6.45) is 14.5. The van der Waals surface area contributed by atoms with Crippen LogP contribution >= 0.6 is 11.8 Å². The summed E-state index contributed by atoms with van der Waals surface area (Å²) in [6, 6.07) is 0. The third-order valence-electron chi connectivity index (χ3n) is 11.2. The molecule has 0 heterocycles. The minimum Gasteiger partial charge on any atom is -0.469 e. The lowest BCUT2D eigenvalue weighted by Crippen LogP contribution is -2.57. The summed E-state index contributed by atoms with van der Waals surface area (Å²) < 4.78 is 4.94. The maximum Gasteiger partial charge on any atom is 0.305 e. The van der Waals surface area contributed by atoms with Crippen LogP contribution < -0.4 is 0 Å². The highest BCUT2D eigenvalue weighted by molar-refractivity contribution is 7.99. The van der Waals surface area contributed by atoms with E-state index >= 15 is 0 Å². The third kappa shape index (κ3) is 4.31. The maximum absolute atomic E-state index is 11.8. The molecule has 4 rings (SSSR count). The number of esters is 1. The number of hydrogen-bond acceptors (Lipinski definition) is 3. The normalized spacial score (nSPS) is 46.6. The highest BCUT2D eigenvalue weighted by atomic mass is 32.2. The van der Waals surface area contributed by atoms with Crippen molar-refractivity contribution in [3.63, 3.8) is 0 Å². The Morgan fingerprint density at radius 1 is 1.03 bits per heavy atom. The van der Waals surface area contributed by atoms with Crippen LogP contribution in [-0.4, -0.2) is 24.1 Å². The molecule has 0 bridgehead atoms. The molecule has 4 saturated carbocycles. The van der Waals surface area contributed by atoms with E-state index in [0.29, 0.717) is 23.2 Å². The summed E-state index contributed by atoms with van der Waals surface area (Å²) in [5.41, 5.74) is 1.07. The first-order valence-corrected chi connectivity index (χ1v) is 15.0. The summed E-state index contributed by atoms with van der Waals surface area (Å²) in [5, 5.41) is 0.891. The fourth-order valence-corrected chi connectivity index (χ4v) is 11.1. The van der Waals surface area contributed by atoms with Gasteiger partial charge in [0, 0.05) is 11.7 Å². The van der Waals surface area contributed by atoms with Crippen molar-refractivity contribution in [2.75, 3.05) is 12.9 Å². The Morgan fingerprint density at radius 3 is 2.47 bits per heavy atom. The van der Waals surface area contributed by atoms with Gasteiger partial charge in [0.2, 0.25) is 0 Å². The first-order valence-electron chi connectivity index (χ1n) is 13.9. The van der Waals surface area contributed by atoms with Crippen molar-refractivity contribution >= 4 is 17.7 Å². The summed E-state index contributed by atoms with van der Waals surface area (Å²) >= 11 is 2.34. The van der Waals surface area contributed by atoms with Gasteiger partial charge in [-0.2, -0.15) is 11.8 Å². The molecule has 0 aromatic carbocycles. The van der Waals surface area contributed by atoms with Crippen LogP contribution in [0.4, 0.5) is 0 Å². The molecule has 0 spiro atoms. The zero-order chi connectivity index (χ0) is 23.1. The van der Waals surface area contributed by atoms with Crippen LogP contribution in [-0.2, 0) is 9.53 Å². The second-order valence-electron chi connectivity index (χ2n) is 12.8. The Bertz CT molecular complexity index is 664. The fraction of sp³-hybridized carbons (Fsp3) is 0.966. The quantitative estimate of drug-likeness (QED) is 0.359. The monoisotopic (exact) mass is 462 g/mol. The molecule has 4 aliphatic carbocycles. The van der Waals surface area contributed by atoms with Crippen molar-refractivity contribution in [1.82, 2.24) is 0 Å². The number of carbonyl (C=O) groups excluding carboxylic acids is 1. The second kappa shape index (κ2) is 9.82. The summed E-state index contributed by atoms with van der Waals surface area (Å²) in [4.78, 5) is 11.8. The molecule has 0 aliphatic heterocycles. The van der Waals surface area contributed by atoms with Crippen molar-refractivity contribution in [3.8, 4) is 0 Å². The van der Waals surface area contributed by atoms with E-state index < -0.39 is 0 Å². The van der Waals surface area contributed by atoms with E-state index in [1.165, 1.54) is 70.7 Å². The van der Waals surface area contributed by atoms with E-state index in [1.807, 2.05) is 0 Å². The molecule has 10 atom stereocenters. The lowest BCUT2D eigenvalue weighted by Gasteiger charge is -2.63. The van der Waals surface area contributed by atoms with Gasteiger partial charge in [-0.3, -0.25) is 4.79 Å². The van der Waals surface area contributed by atoms with Gasteiger partial charge in [0.05, 0.1) is 7.11 Å². The number of carbonyl (C=O) groups is 1. The number of ether oxygens (including phenoxy) is 1. The van der Waals surface area contributed by atoms with Crippen molar-refractivity contribution in [2.45, 2.75) is 110 Å². The van der Waals surface area contributed by atoms with Crippen molar-refractivity contribution in [2.24, 2.45) is 52.3 Å². The van der Waals surface area contributed by atoms with Gasteiger partial charge in [-0.05, 0) is 116 Å². The SMILES string of the molecule is CCCS[C@@H]1CC2C3CCC([C@H](C)CCC(=O)OC)[C@@]3(C)CCC2[C@@]2(C)CC[C@@H](C)CC12. The number of rotatable bonds is 7. The predicted octanol–water partition coefficient (Wildman–Crippen LogP) is 7.99. The van der Waals surface area contributed by atoms with Crippen LogP contribution in [0.2, 0.25) is 0 Å². The van der Waals surface area contributed by atoms with Crippen LogP contribution in [0.15, 0.2) is 0 Å². The highest BCUT2D eigenvalue weighted by Gasteiger charge is 2.62. The zero-order valence-corrected chi connectivity index (χ0v) is 22.6. The summed E-state index contributed by atoms with van der Waals surface area (Å²) in [7, 11) is 1.52. The molecule has 4 aliphatic rings. The Balaban J connectivity index is 1.54. The number of hydrogen-bond donors (Lipinski definition) is 0. The van der Waals surface area contributed by atoms with Gasteiger partial charge < -0.3 is 4.74 Å².